The molecule has 122 valence electrons. The van der Waals surface area contributed by atoms with E-state index in [1.807, 2.05) is 33.8 Å². The number of nitrogens with one attached hydrogen (secondary N) is 2. The van der Waals surface area contributed by atoms with Crippen molar-refractivity contribution < 1.29 is 14.7 Å². The van der Waals surface area contributed by atoms with Crippen LogP contribution in [0.15, 0.2) is 24.3 Å². The van der Waals surface area contributed by atoms with Crippen LogP contribution < -0.4 is 10.6 Å². The van der Waals surface area contributed by atoms with E-state index in [2.05, 4.69) is 10.6 Å². The van der Waals surface area contributed by atoms with Crippen molar-refractivity contribution in [1.29, 1.82) is 0 Å². The van der Waals surface area contributed by atoms with Crippen LogP contribution in [-0.2, 0) is 4.79 Å². The van der Waals surface area contributed by atoms with Gasteiger partial charge in [0, 0.05) is 11.6 Å². The molecule has 0 saturated carbocycles. The number of amides is 3. The minimum Gasteiger partial charge on any atom is -0.508 e. The van der Waals surface area contributed by atoms with Gasteiger partial charge in [0.25, 0.3) is 0 Å². The van der Waals surface area contributed by atoms with Crippen LogP contribution in [0.2, 0.25) is 0 Å². The van der Waals surface area contributed by atoms with Crippen molar-refractivity contribution >= 4 is 11.9 Å². The molecule has 0 unspecified atom stereocenters. The van der Waals surface area contributed by atoms with Crippen LogP contribution in [-0.4, -0.2) is 41.1 Å². The summed E-state index contributed by atoms with van der Waals surface area (Å²) in [5, 5.41) is 14.5. The Morgan fingerprint density at radius 2 is 1.95 bits per heavy atom. The Balaban J connectivity index is 2.55. The molecule has 0 heterocycles. The Labute approximate surface area is 131 Å². The highest BCUT2D eigenvalue weighted by Gasteiger charge is 2.19. The molecule has 3 amide bonds. The van der Waals surface area contributed by atoms with Crippen molar-refractivity contribution in [3.8, 4) is 5.75 Å². The monoisotopic (exact) mass is 307 g/mol. The highest BCUT2D eigenvalue weighted by atomic mass is 16.3. The molecule has 1 rings (SSSR count). The fraction of sp³-hybridized carbons (Fsp3) is 0.500. The molecule has 0 aliphatic rings. The molecular weight excluding hydrogens is 282 g/mol. The molecule has 0 bridgehead atoms. The molecule has 6 nitrogen and oxygen atoms in total. The highest BCUT2D eigenvalue weighted by Crippen LogP contribution is 2.21. The van der Waals surface area contributed by atoms with Crippen LogP contribution in [0.3, 0.4) is 0 Å². The Morgan fingerprint density at radius 1 is 1.32 bits per heavy atom. The van der Waals surface area contributed by atoms with Crippen LogP contribution in [0.5, 0.6) is 5.75 Å². The number of phenolic OH excluding ortho intramolecular Hbond substituents is 1. The maximum Gasteiger partial charge on any atom is 0.321 e. The third-order valence-corrected chi connectivity index (χ3v) is 3.15. The van der Waals surface area contributed by atoms with Crippen molar-refractivity contribution in [2.24, 2.45) is 0 Å². The van der Waals surface area contributed by atoms with E-state index in [4.69, 9.17) is 0 Å². The van der Waals surface area contributed by atoms with E-state index in [0.717, 1.165) is 5.56 Å². The number of likely N-dealkylation sites (N-methyl/N-ethyl adjacent to an activating group) is 1. The van der Waals surface area contributed by atoms with Crippen LogP contribution in [0.4, 0.5) is 4.79 Å². The molecule has 0 radical (unpaired) electrons. The van der Waals surface area contributed by atoms with Gasteiger partial charge in [-0.05, 0) is 52.4 Å². The van der Waals surface area contributed by atoms with Crippen molar-refractivity contribution in [1.82, 2.24) is 15.5 Å². The molecule has 3 N–H and O–H groups in total. The number of imide groups is 1. The number of rotatable bonds is 4. The van der Waals surface area contributed by atoms with Gasteiger partial charge in [0.1, 0.15) is 5.75 Å². The molecule has 1 aromatic rings. The number of aromatic hydroxyl groups is 1. The molecule has 6 heteroatoms. The average molecular weight is 307 g/mol. The summed E-state index contributed by atoms with van der Waals surface area (Å²) in [6.45, 7) is 7.53. The quantitative estimate of drug-likeness (QED) is 0.795. The van der Waals surface area contributed by atoms with Crippen molar-refractivity contribution in [2.75, 3.05) is 13.6 Å². The van der Waals surface area contributed by atoms with Crippen LogP contribution in [0, 0.1) is 0 Å². The number of phenols is 1. The first-order valence-corrected chi connectivity index (χ1v) is 7.19. The molecule has 0 spiro atoms. The van der Waals surface area contributed by atoms with Gasteiger partial charge in [-0.2, -0.15) is 0 Å². The van der Waals surface area contributed by atoms with Crippen LogP contribution in [0.1, 0.15) is 39.3 Å². The van der Waals surface area contributed by atoms with E-state index in [1.165, 1.54) is 0 Å². The maximum atomic E-state index is 11.9. The summed E-state index contributed by atoms with van der Waals surface area (Å²) in [7, 11) is 1.79. The van der Waals surface area contributed by atoms with E-state index in [0.29, 0.717) is 0 Å². The number of urea groups is 1. The number of benzene rings is 1. The lowest BCUT2D eigenvalue weighted by Gasteiger charge is -2.25. The summed E-state index contributed by atoms with van der Waals surface area (Å²) < 4.78 is 0. The first-order valence-electron chi connectivity index (χ1n) is 7.19. The zero-order valence-electron chi connectivity index (χ0n) is 13.8. The minimum absolute atomic E-state index is 0.0662. The number of carbonyl (C=O) groups is 2. The van der Waals surface area contributed by atoms with E-state index >= 15 is 0 Å². The van der Waals surface area contributed by atoms with E-state index < -0.39 is 11.6 Å². The second-order valence-electron chi connectivity index (χ2n) is 6.44. The third-order valence-electron chi connectivity index (χ3n) is 3.15. The summed E-state index contributed by atoms with van der Waals surface area (Å²) in [5.74, 6) is -0.192. The Kier molecular flexibility index (Phi) is 5.93. The Hall–Kier alpha value is -2.08. The first-order chi connectivity index (χ1) is 10.1. The largest absolute Gasteiger partial charge is 0.508 e. The van der Waals surface area contributed by atoms with Gasteiger partial charge in [0.05, 0.1) is 6.54 Å². The lowest BCUT2D eigenvalue weighted by atomic mass is 10.1. The third kappa shape index (κ3) is 6.13. The molecule has 0 aliphatic carbocycles. The first kappa shape index (κ1) is 18.0. The highest BCUT2D eigenvalue weighted by molar-refractivity contribution is 5.95. The van der Waals surface area contributed by atoms with Gasteiger partial charge in [-0.25, -0.2) is 4.79 Å². The molecule has 0 fully saturated rings. The van der Waals surface area contributed by atoms with Gasteiger partial charge in [-0.3, -0.25) is 15.0 Å². The van der Waals surface area contributed by atoms with Gasteiger partial charge < -0.3 is 10.4 Å². The molecule has 0 aliphatic heterocycles. The maximum absolute atomic E-state index is 11.9. The number of hydrogen-bond donors (Lipinski definition) is 3. The summed E-state index contributed by atoms with van der Waals surface area (Å²) in [6.07, 6.45) is 0. The molecule has 22 heavy (non-hydrogen) atoms. The van der Waals surface area contributed by atoms with Crippen molar-refractivity contribution in [3.63, 3.8) is 0 Å². The SMILES string of the molecule is C[C@@H](c1cccc(O)c1)N(C)CC(=O)NC(=O)NC(C)(C)C. The molecule has 0 aromatic heterocycles. The van der Waals surface area contributed by atoms with Crippen molar-refractivity contribution in [2.45, 2.75) is 39.3 Å². The summed E-state index contributed by atoms with van der Waals surface area (Å²) in [6, 6.07) is 6.32. The van der Waals surface area contributed by atoms with Crippen LogP contribution >= 0.6 is 0 Å². The molecule has 1 atom stereocenters. The van der Waals surface area contributed by atoms with Gasteiger partial charge in [-0.1, -0.05) is 12.1 Å². The smallest absolute Gasteiger partial charge is 0.321 e. The summed E-state index contributed by atoms with van der Waals surface area (Å²) >= 11 is 0. The van der Waals surface area contributed by atoms with E-state index in [-0.39, 0.29) is 24.2 Å². The number of hydrogen-bond acceptors (Lipinski definition) is 4. The zero-order chi connectivity index (χ0) is 16.9. The lowest BCUT2D eigenvalue weighted by Crippen LogP contribution is -2.50. The normalized spacial score (nSPS) is 12.8. The molecule has 1 aromatic carbocycles. The Morgan fingerprint density at radius 3 is 2.50 bits per heavy atom. The summed E-state index contributed by atoms with van der Waals surface area (Å²) in [5.41, 5.74) is 0.500. The van der Waals surface area contributed by atoms with Gasteiger partial charge in [0.15, 0.2) is 0 Å². The fourth-order valence-corrected chi connectivity index (χ4v) is 1.94. The number of nitrogens with zero attached hydrogens (tertiary/aromatic N) is 1. The predicted octanol–water partition coefficient (Wildman–Crippen LogP) is 2.01. The molecule has 0 saturated heterocycles. The minimum atomic E-state index is -0.504. The standard InChI is InChI=1S/C16H25N3O3/c1-11(12-7-6-8-13(20)9-12)19(5)10-14(21)17-15(22)18-16(2,3)4/h6-9,11,20H,10H2,1-5H3,(H2,17,18,21,22)/t11-/m0/s1. The van der Waals surface area contributed by atoms with E-state index in [9.17, 15) is 14.7 Å². The fourth-order valence-electron chi connectivity index (χ4n) is 1.94. The van der Waals surface area contributed by atoms with Gasteiger partial charge in [-0.15, -0.1) is 0 Å². The Bertz CT molecular complexity index is 538. The molecular formula is C16H25N3O3. The predicted molar refractivity (Wildman–Crippen MR) is 85.6 cm³/mol. The zero-order valence-corrected chi connectivity index (χ0v) is 13.8. The van der Waals surface area contributed by atoms with Gasteiger partial charge >= 0.3 is 6.03 Å². The second-order valence-corrected chi connectivity index (χ2v) is 6.44. The number of carbonyl (C=O) groups excluding carboxylic acids is 2. The summed E-state index contributed by atoms with van der Waals surface area (Å²) in [4.78, 5) is 25.3. The van der Waals surface area contributed by atoms with Crippen molar-refractivity contribution in [3.05, 3.63) is 29.8 Å². The van der Waals surface area contributed by atoms with Crippen LogP contribution in [0.25, 0.3) is 0 Å². The lowest BCUT2D eigenvalue weighted by molar-refractivity contribution is -0.121. The van der Waals surface area contributed by atoms with E-state index in [1.54, 1.807) is 30.1 Å². The topological polar surface area (TPSA) is 81.7 Å². The average Bonchev–Trinajstić information content (AvgIpc) is 2.34. The van der Waals surface area contributed by atoms with Gasteiger partial charge in [0.2, 0.25) is 5.91 Å². The second kappa shape index (κ2) is 7.26.